The Labute approximate surface area is 70.8 Å². The van der Waals surface area contributed by atoms with Gasteiger partial charge in [0.2, 0.25) is 5.95 Å². The van der Waals surface area contributed by atoms with E-state index in [0.717, 1.165) is 11.2 Å². The lowest BCUT2D eigenvalue weighted by Gasteiger charge is -2.02. The largest absolute Gasteiger partial charge is 0.369 e. The average Bonchev–Trinajstić information content (AvgIpc) is 2.31. The van der Waals surface area contributed by atoms with Crippen LogP contribution in [0.3, 0.4) is 0 Å². The molecule has 0 radical (unpaired) electrons. The Morgan fingerprint density at radius 2 is 2.08 bits per heavy atom. The molecule has 0 aliphatic carbocycles. The number of rotatable bonds is 0. The molecule has 2 aromatic heterocycles. The second-order valence-corrected chi connectivity index (χ2v) is 3.05. The summed E-state index contributed by atoms with van der Waals surface area (Å²) in [5.41, 5.74) is 9.10. The third kappa shape index (κ3) is 0.863. The first kappa shape index (κ1) is 7.16. The summed E-state index contributed by atoms with van der Waals surface area (Å²) in [6.45, 7) is 4.09. The van der Waals surface area contributed by atoms with Crippen LogP contribution in [0.1, 0.15) is 11.3 Å². The molecule has 0 spiro atoms. The molecule has 3 nitrogen and oxygen atoms in total. The van der Waals surface area contributed by atoms with Crippen LogP contribution in [0.4, 0.5) is 5.95 Å². The molecule has 0 bridgehead atoms. The minimum absolute atomic E-state index is 0.558. The first-order valence-corrected chi connectivity index (χ1v) is 3.88. The third-order valence-corrected chi connectivity index (χ3v) is 1.98. The van der Waals surface area contributed by atoms with E-state index in [1.54, 1.807) is 6.20 Å². The molecule has 2 rings (SSSR count). The minimum Gasteiger partial charge on any atom is -0.369 e. The predicted molar refractivity (Wildman–Crippen MR) is 49.1 cm³/mol. The van der Waals surface area contributed by atoms with Crippen LogP contribution in [0.2, 0.25) is 0 Å². The number of pyridine rings is 1. The highest BCUT2D eigenvalue weighted by Crippen LogP contribution is 2.13. The van der Waals surface area contributed by atoms with Crippen molar-refractivity contribution in [2.24, 2.45) is 0 Å². The van der Waals surface area contributed by atoms with E-state index in [1.807, 2.05) is 11.3 Å². The Balaban J connectivity index is 2.93. The number of nitrogen functional groups attached to an aromatic ring is 1. The Morgan fingerprint density at radius 3 is 2.83 bits per heavy atom. The van der Waals surface area contributed by atoms with Crippen LogP contribution in [-0.4, -0.2) is 9.38 Å². The summed E-state index contributed by atoms with van der Waals surface area (Å²) in [5, 5.41) is 0. The molecule has 12 heavy (non-hydrogen) atoms. The van der Waals surface area contributed by atoms with Gasteiger partial charge in [0.05, 0.1) is 11.7 Å². The van der Waals surface area contributed by atoms with Gasteiger partial charge in [-0.05, 0) is 31.5 Å². The highest BCUT2D eigenvalue weighted by Gasteiger charge is 2.01. The van der Waals surface area contributed by atoms with Gasteiger partial charge < -0.3 is 5.73 Å². The van der Waals surface area contributed by atoms with E-state index in [2.05, 4.69) is 24.0 Å². The summed E-state index contributed by atoms with van der Waals surface area (Å²) < 4.78 is 1.94. The lowest BCUT2D eigenvalue weighted by atomic mass is 10.2. The molecule has 62 valence electrons. The average molecular weight is 161 g/mol. The molecular formula is C9H11N3. The molecule has 0 saturated heterocycles. The second kappa shape index (κ2) is 2.24. The number of nitrogens with zero attached hydrogens (tertiary/aromatic N) is 2. The standard InChI is InChI=1S/C9H11N3/c1-6-3-7(2)12-8(4-6)5-11-9(12)10/h3-5H,1-2H3,(H2,10,11). The lowest BCUT2D eigenvalue weighted by Crippen LogP contribution is -1.97. The van der Waals surface area contributed by atoms with E-state index in [0.29, 0.717) is 5.95 Å². The molecule has 0 aromatic carbocycles. The van der Waals surface area contributed by atoms with E-state index in [-0.39, 0.29) is 0 Å². The molecule has 0 amide bonds. The summed E-state index contributed by atoms with van der Waals surface area (Å²) in [6, 6.07) is 4.15. The molecule has 3 heteroatoms. The van der Waals surface area contributed by atoms with Crippen molar-refractivity contribution < 1.29 is 0 Å². The number of aromatic nitrogens is 2. The number of imidazole rings is 1. The topological polar surface area (TPSA) is 43.3 Å². The van der Waals surface area contributed by atoms with Crippen LogP contribution < -0.4 is 5.73 Å². The first-order chi connectivity index (χ1) is 5.68. The third-order valence-electron chi connectivity index (χ3n) is 1.98. The van der Waals surface area contributed by atoms with Crippen LogP contribution >= 0.6 is 0 Å². The molecule has 0 atom stereocenters. The van der Waals surface area contributed by atoms with Crippen molar-refractivity contribution in [1.29, 1.82) is 0 Å². The van der Waals surface area contributed by atoms with Gasteiger partial charge in [0.15, 0.2) is 0 Å². The van der Waals surface area contributed by atoms with Crippen molar-refractivity contribution in [3.63, 3.8) is 0 Å². The molecule has 2 heterocycles. The van der Waals surface area contributed by atoms with Crippen molar-refractivity contribution in [1.82, 2.24) is 9.38 Å². The van der Waals surface area contributed by atoms with Gasteiger partial charge in [0.25, 0.3) is 0 Å². The highest BCUT2D eigenvalue weighted by atomic mass is 15.1. The van der Waals surface area contributed by atoms with E-state index in [4.69, 9.17) is 5.73 Å². The number of anilines is 1. The van der Waals surface area contributed by atoms with Gasteiger partial charge in [-0.2, -0.15) is 0 Å². The van der Waals surface area contributed by atoms with Crippen molar-refractivity contribution in [2.45, 2.75) is 13.8 Å². The maximum atomic E-state index is 5.68. The molecule has 0 unspecified atom stereocenters. The van der Waals surface area contributed by atoms with Gasteiger partial charge in [-0.3, -0.25) is 4.40 Å². The Bertz CT molecular complexity index is 429. The van der Waals surface area contributed by atoms with Crippen molar-refractivity contribution in [3.05, 3.63) is 29.6 Å². The van der Waals surface area contributed by atoms with Gasteiger partial charge >= 0.3 is 0 Å². The van der Waals surface area contributed by atoms with E-state index >= 15 is 0 Å². The quantitative estimate of drug-likeness (QED) is 0.636. The Morgan fingerprint density at radius 1 is 1.33 bits per heavy atom. The molecule has 2 aromatic rings. The predicted octanol–water partition coefficient (Wildman–Crippen LogP) is 1.53. The number of fused-ring (bicyclic) bond motifs is 1. The van der Waals surface area contributed by atoms with Gasteiger partial charge in [-0.15, -0.1) is 0 Å². The molecule has 0 saturated carbocycles. The van der Waals surface area contributed by atoms with Crippen molar-refractivity contribution in [3.8, 4) is 0 Å². The number of hydrogen-bond acceptors (Lipinski definition) is 2. The fraction of sp³-hybridized carbons (Fsp3) is 0.222. The number of nitrogens with two attached hydrogens (primary N) is 1. The first-order valence-electron chi connectivity index (χ1n) is 3.88. The van der Waals surface area contributed by atoms with E-state index in [9.17, 15) is 0 Å². The van der Waals surface area contributed by atoms with Crippen LogP contribution in [0, 0.1) is 13.8 Å². The van der Waals surface area contributed by atoms with E-state index < -0.39 is 0 Å². The molecule has 2 N–H and O–H groups in total. The molecule has 0 aliphatic rings. The highest BCUT2D eigenvalue weighted by molar-refractivity contribution is 5.53. The summed E-state index contributed by atoms with van der Waals surface area (Å²) in [6.07, 6.45) is 1.79. The Kier molecular flexibility index (Phi) is 1.33. The van der Waals surface area contributed by atoms with Crippen LogP contribution in [0.5, 0.6) is 0 Å². The maximum Gasteiger partial charge on any atom is 0.205 e. The van der Waals surface area contributed by atoms with Gasteiger partial charge in [-0.25, -0.2) is 4.98 Å². The van der Waals surface area contributed by atoms with Gasteiger partial charge in [-0.1, -0.05) is 0 Å². The summed E-state index contributed by atoms with van der Waals surface area (Å²) in [7, 11) is 0. The molecule has 0 aliphatic heterocycles. The Hall–Kier alpha value is -1.51. The fourth-order valence-electron chi connectivity index (χ4n) is 1.54. The number of hydrogen-bond donors (Lipinski definition) is 1. The monoisotopic (exact) mass is 161 g/mol. The smallest absolute Gasteiger partial charge is 0.205 e. The van der Waals surface area contributed by atoms with Crippen molar-refractivity contribution in [2.75, 3.05) is 5.73 Å². The maximum absolute atomic E-state index is 5.68. The van der Waals surface area contributed by atoms with Crippen LogP contribution in [-0.2, 0) is 0 Å². The number of aryl methyl sites for hydroxylation is 2. The molecule has 0 fully saturated rings. The van der Waals surface area contributed by atoms with Crippen LogP contribution in [0.15, 0.2) is 18.3 Å². The second-order valence-electron chi connectivity index (χ2n) is 3.05. The summed E-state index contributed by atoms with van der Waals surface area (Å²) in [4.78, 5) is 4.04. The van der Waals surface area contributed by atoms with Gasteiger partial charge in [0.1, 0.15) is 0 Å². The zero-order valence-corrected chi connectivity index (χ0v) is 7.20. The van der Waals surface area contributed by atoms with Crippen LogP contribution in [0.25, 0.3) is 5.52 Å². The summed E-state index contributed by atoms with van der Waals surface area (Å²) >= 11 is 0. The zero-order chi connectivity index (χ0) is 8.72. The van der Waals surface area contributed by atoms with Crippen molar-refractivity contribution >= 4 is 11.5 Å². The summed E-state index contributed by atoms with van der Waals surface area (Å²) in [5.74, 6) is 0.558. The zero-order valence-electron chi connectivity index (χ0n) is 7.20. The van der Waals surface area contributed by atoms with E-state index in [1.165, 1.54) is 5.56 Å². The minimum atomic E-state index is 0.558. The lowest BCUT2D eigenvalue weighted by molar-refractivity contribution is 1.08. The van der Waals surface area contributed by atoms with Gasteiger partial charge in [0, 0.05) is 5.69 Å². The SMILES string of the molecule is Cc1cc(C)n2c(N)ncc2c1. The molecular weight excluding hydrogens is 150 g/mol. The fourth-order valence-corrected chi connectivity index (χ4v) is 1.54. The normalized spacial score (nSPS) is 10.8.